The second-order valence-electron chi connectivity index (χ2n) is 3.40. The highest BCUT2D eigenvalue weighted by Crippen LogP contribution is 2.27. The summed E-state index contributed by atoms with van der Waals surface area (Å²) < 4.78 is 1.45. The molecule has 6 N–H and O–H groups in total. The molecule has 0 atom stereocenters. The van der Waals surface area contributed by atoms with Gasteiger partial charge in [-0.05, 0) is 28.6 Å². The molecule has 1 aromatic carbocycles. The van der Waals surface area contributed by atoms with Crippen LogP contribution in [0.3, 0.4) is 0 Å². The molecule has 0 amide bonds. The minimum absolute atomic E-state index is 0.101. The van der Waals surface area contributed by atoms with Gasteiger partial charge in [0.2, 0.25) is 5.96 Å². The maximum absolute atomic E-state index is 6.00. The first-order valence-corrected chi connectivity index (χ1v) is 5.41. The number of nitrogens with zero attached hydrogens (tertiary/aromatic N) is 6. The third-order valence-electron chi connectivity index (χ3n) is 2.02. The maximum Gasteiger partial charge on any atom is 0.223 e. The lowest BCUT2D eigenvalue weighted by Crippen LogP contribution is -2.26. The van der Waals surface area contributed by atoms with Crippen LogP contribution in [0.15, 0.2) is 34.5 Å². The van der Waals surface area contributed by atoms with E-state index in [1.54, 1.807) is 18.2 Å². The van der Waals surface area contributed by atoms with Crippen molar-refractivity contribution in [3.8, 4) is 5.69 Å². The highest BCUT2D eigenvalue weighted by atomic mass is 35.5. The number of hydrogen-bond donors (Lipinski definition) is 3. The number of tetrazole rings is 1. The Morgan fingerprint density at radius 3 is 2.68 bits per heavy atom. The number of guanidine groups is 2. The van der Waals surface area contributed by atoms with Crippen LogP contribution < -0.4 is 17.2 Å². The van der Waals surface area contributed by atoms with Crippen LogP contribution in [-0.4, -0.2) is 32.1 Å². The second kappa shape index (κ2) is 5.31. The monoisotopic (exact) mass is 279 g/mol. The Labute approximate surface area is 112 Å². The van der Waals surface area contributed by atoms with Crippen molar-refractivity contribution >= 4 is 29.2 Å². The first kappa shape index (κ1) is 12.8. The van der Waals surface area contributed by atoms with Crippen molar-refractivity contribution in [3.63, 3.8) is 0 Å². The molecule has 0 saturated carbocycles. The van der Waals surface area contributed by atoms with Crippen molar-refractivity contribution in [2.24, 2.45) is 27.2 Å². The Hall–Kier alpha value is -2.68. The number of hydrogen-bond acceptors (Lipinski definition) is 4. The Morgan fingerprint density at radius 2 is 2.05 bits per heavy atom. The molecule has 0 spiro atoms. The highest BCUT2D eigenvalue weighted by Gasteiger charge is 2.04. The van der Waals surface area contributed by atoms with Gasteiger partial charge in [0.05, 0.1) is 16.4 Å². The molecular weight excluding hydrogens is 270 g/mol. The van der Waals surface area contributed by atoms with Gasteiger partial charge in [0.15, 0.2) is 5.96 Å². The lowest BCUT2D eigenvalue weighted by atomic mass is 10.3. The van der Waals surface area contributed by atoms with E-state index in [9.17, 15) is 0 Å². The summed E-state index contributed by atoms with van der Waals surface area (Å²) in [6, 6.07) is 5.02. The van der Waals surface area contributed by atoms with Gasteiger partial charge in [0.25, 0.3) is 0 Å². The standard InChI is InChI=1S/C9H10ClN9/c10-6-2-1-5(19-4-14-17-18-19)3-7(6)15-9(13)16-8(11)12/h1-4H,(H6,11,12,13,15,16). The van der Waals surface area contributed by atoms with Crippen molar-refractivity contribution in [2.75, 3.05) is 0 Å². The Kier molecular flexibility index (Phi) is 3.57. The van der Waals surface area contributed by atoms with Crippen LogP contribution in [0.2, 0.25) is 5.02 Å². The Bertz CT molecular complexity index is 627. The summed E-state index contributed by atoms with van der Waals surface area (Å²) in [5.74, 6) is -0.287. The first-order chi connectivity index (χ1) is 9.06. The molecule has 98 valence electrons. The van der Waals surface area contributed by atoms with Gasteiger partial charge in [-0.2, -0.15) is 4.99 Å². The van der Waals surface area contributed by atoms with Crippen LogP contribution in [0.1, 0.15) is 0 Å². The summed E-state index contributed by atoms with van der Waals surface area (Å²) in [6.45, 7) is 0. The van der Waals surface area contributed by atoms with Crippen LogP contribution >= 0.6 is 11.6 Å². The fourth-order valence-electron chi connectivity index (χ4n) is 1.29. The van der Waals surface area contributed by atoms with Crippen LogP contribution in [-0.2, 0) is 0 Å². The van der Waals surface area contributed by atoms with E-state index in [0.29, 0.717) is 16.4 Å². The molecule has 0 unspecified atom stereocenters. The van der Waals surface area contributed by atoms with Crippen LogP contribution in [0.25, 0.3) is 5.69 Å². The van der Waals surface area contributed by atoms with E-state index >= 15 is 0 Å². The Morgan fingerprint density at radius 1 is 1.26 bits per heavy atom. The average molecular weight is 280 g/mol. The number of aliphatic imine (C=N–C) groups is 2. The van der Waals surface area contributed by atoms with Gasteiger partial charge in [0.1, 0.15) is 6.33 Å². The Balaban J connectivity index is 2.41. The molecule has 9 nitrogen and oxygen atoms in total. The van der Waals surface area contributed by atoms with Crippen LogP contribution in [0.4, 0.5) is 5.69 Å². The summed E-state index contributed by atoms with van der Waals surface area (Å²) in [5.41, 5.74) is 17.0. The fraction of sp³-hybridized carbons (Fsp3) is 0. The minimum Gasteiger partial charge on any atom is -0.370 e. The van der Waals surface area contributed by atoms with Gasteiger partial charge in [0, 0.05) is 0 Å². The zero-order valence-corrected chi connectivity index (χ0v) is 10.4. The van der Waals surface area contributed by atoms with Gasteiger partial charge in [-0.1, -0.05) is 11.6 Å². The zero-order chi connectivity index (χ0) is 13.8. The molecule has 0 radical (unpaired) electrons. The molecule has 0 bridgehead atoms. The van der Waals surface area contributed by atoms with Gasteiger partial charge in [-0.15, -0.1) is 5.10 Å². The predicted molar refractivity (Wildman–Crippen MR) is 71.3 cm³/mol. The highest BCUT2D eigenvalue weighted by molar-refractivity contribution is 6.33. The van der Waals surface area contributed by atoms with Crippen molar-refractivity contribution < 1.29 is 0 Å². The fourth-order valence-corrected chi connectivity index (χ4v) is 1.45. The average Bonchev–Trinajstić information content (AvgIpc) is 2.84. The molecule has 0 aliphatic heterocycles. The van der Waals surface area contributed by atoms with E-state index in [4.69, 9.17) is 28.8 Å². The van der Waals surface area contributed by atoms with Crippen molar-refractivity contribution in [1.82, 2.24) is 20.2 Å². The van der Waals surface area contributed by atoms with E-state index in [2.05, 4.69) is 25.5 Å². The lowest BCUT2D eigenvalue weighted by molar-refractivity contribution is 0.789. The third-order valence-corrected chi connectivity index (χ3v) is 2.34. The summed E-state index contributed by atoms with van der Waals surface area (Å²) >= 11 is 6.00. The number of aromatic nitrogens is 4. The largest absolute Gasteiger partial charge is 0.370 e. The van der Waals surface area contributed by atoms with E-state index in [1.165, 1.54) is 11.0 Å². The van der Waals surface area contributed by atoms with E-state index in [-0.39, 0.29) is 11.9 Å². The minimum atomic E-state index is -0.186. The number of nitrogens with two attached hydrogens (primary N) is 3. The third kappa shape index (κ3) is 3.16. The topological polar surface area (TPSA) is 146 Å². The van der Waals surface area contributed by atoms with Crippen molar-refractivity contribution in [2.45, 2.75) is 0 Å². The van der Waals surface area contributed by atoms with Gasteiger partial charge < -0.3 is 17.2 Å². The summed E-state index contributed by atoms with van der Waals surface area (Å²) in [7, 11) is 0. The molecule has 10 heteroatoms. The van der Waals surface area contributed by atoms with Crippen molar-refractivity contribution in [1.29, 1.82) is 0 Å². The maximum atomic E-state index is 6.00. The molecule has 0 aliphatic rings. The molecular formula is C9H10ClN9. The normalized spacial score (nSPS) is 11.3. The molecule has 0 fully saturated rings. The summed E-state index contributed by atoms with van der Waals surface area (Å²) in [4.78, 5) is 7.60. The smallest absolute Gasteiger partial charge is 0.223 e. The van der Waals surface area contributed by atoms with Crippen LogP contribution in [0, 0.1) is 0 Å². The number of benzene rings is 1. The summed E-state index contributed by atoms with van der Waals surface area (Å²) in [5, 5.41) is 11.2. The number of rotatable bonds is 2. The summed E-state index contributed by atoms with van der Waals surface area (Å²) in [6.07, 6.45) is 1.44. The molecule has 19 heavy (non-hydrogen) atoms. The second-order valence-corrected chi connectivity index (χ2v) is 3.80. The molecule has 0 saturated heterocycles. The molecule has 1 aromatic heterocycles. The first-order valence-electron chi connectivity index (χ1n) is 5.03. The molecule has 2 aromatic rings. The van der Waals surface area contributed by atoms with Crippen LogP contribution in [0.5, 0.6) is 0 Å². The van der Waals surface area contributed by atoms with Crippen molar-refractivity contribution in [3.05, 3.63) is 29.5 Å². The van der Waals surface area contributed by atoms with E-state index < -0.39 is 0 Å². The molecule has 2 rings (SSSR count). The van der Waals surface area contributed by atoms with E-state index in [1.807, 2.05) is 0 Å². The SMILES string of the molecule is NC(N)=NC(N)=Nc1cc(-n2cnnn2)ccc1Cl. The lowest BCUT2D eigenvalue weighted by Gasteiger charge is -2.03. The quantitative estimate of drug-likeness (QED) is 0.500. The molecule has 1 heterocycles. The molecule has 0 aliphatic carbocycles. The van der Waals surface area contributed by atoms with Gasteiger partial charge in [-0.25, -0.2) is 9.67 Å². The number of halogens is 1. The van der Waals surface area contributed by atoms with Gasteiger partial charge >= 0.3 is 0 Å². The zero-order valence-electron chi connectivity index (χ0n) is 9.60. The van der Waals surface area contributed by atoms with E-state index in [0.717, 1.165) is 0 Å². The van der Waals surface area contributed by atoms with Gasteiger partial charge in [-0.3, -0.25) is 0 Å². The predicted octanol–water partition coefficient (Wildman–Crippen LogP) is -0.465.